The molecule has 0 bridgehead atoms. The van der Waals surface area contributed by atoms with Crippen molar-refractivity contribution in [2.75, 3.05) is 20.2 Å². The van der Waals surface area contributed by atoms with Crippen LogP contribution in [0.2, 0.25) is 0 Å². The second-order valence-electron chi connectivity index (χ2n) is 8.39. The van der Waals surface area contributed by atoms with Gasteiger partial charge in [0.25, 0.3) is 0 Å². The summed E-state index contributed by atoms with van der Waals surface area (Å²) in [6.07, 6.45) is 8.24. The standard InChI is InChI=1S/C25H36N2O4.2ClH/c1-3-4-5-6-15-27(26-14-13-18-7-11-22(28)24(16-18)31-2)20-9-10-21-19(17-20)8-12-23(29)25(21)30;;/h7-8,11-12,16,20,26,28-30H,3-6,9-10,13-15,17H2,1-2H3;2*1H. The van der Waals surface area contributed by atoms with Crippen LogP contribution in [0.3, 0.4) is 0 Å². The van der Waals surface area contributed by atoms with Crippen molar-refractivity contribution in [3.05, 3.63) is 47.0 Å². The summed E-state index contributed by atoms with van der Waals surface area (Å²) < 4.78 is 5.22. The van der Waals surface area contributed by atoms with Crippen molar-refractivity contribution in [2.45, 2.75) is 64.3 Å². The van der Waals surface area contributed by atoms with E-state index in [0.29, 0.717) is 11.8 Å². The van der Waals surface area contributed by atoms with Gasteiger partial charge >= 0.3 is 0 Å². The molecule has 1 aliphatic rings. The SMILES string of the molecule is CCCCCCN(NCCc1ccc(O)c(OC)c1)C1CCc2c(ccc(O)c2O)C1.Cl.Cl. The van der Waals surface area contributed by atoms with E-state index in [-0.39, 0.29) is 42.1 Å². The number of methoxy groups -OCH3 is 1. The average molecular weight is 501 g/mol. The number of nitrogens with zero attached hydrogens (tertiary/aromatic N) is 1. The number of rotatable bonds is 11. The van der Waals surface area contributed by atoms with Crippen LogP contribution in [0.25, 0.3) is 0 Å². The number of aromatic hydroxyl groups is 3. The third-order valence-electron chi connectivity index (χ3n) is 6.21. The summed E-state index contributed by atoms with van der Waals surface area (Å²) in [5.41, 5.74) is 6.76. The molecular formula is C25H38Cl2N2O4. The van der Waals surface area contributed by atoms with Crippen molar-refractivity contribution in [3.8, 4) is 23.0 Å². The summed E-state index contributed by atoms with van der Waals surface area (Å²) in [6.45, 7) is 4.01. The van der Waals surface area contributed by atoms with Crippen LogP contribution >= 0.6 is 24.8 Å². The molecule has 0 aliphatic heterocycles. The Labute approximate surface area is 209 Å². The Morgan fingerprint density at radius 1 is 1.03 bits per heavy atom. The molecule has 8 heteroatoms. The van der Waals surface area contributed by atoms with Crippen molar-refractivity contribution < 1.29 is 20.1 Å². The first-order valence-corrected chi connectivity index (χ1v) is 11.4. The lowest BCUT2D eigenvalue weighted by atomic mass is 9.87. The highest BCUT2D eigenvalue weighted by molar-refractivity contribution is 5.85. The van der Waals surface area contributed by atoms with Crippen molar-refractivity contribution >= 4 is 24.8 Å². The molecule has 0 saturated heterocycles. The van der Waals surface area contributed by atoms with Gasteiger partial charge < -0.3 is 20.1 Å². The van der Waals surface area contributed by atoms with Crippen LogP contribution in [0.15, 0.2) is 30.3 Å². The molecule has 1 atom stereocenters. The molecule has 2 aromatic rings. The Balaban J connectivity index is 0.00000272. The molecule has 1 aliphatic carbocycles. The van der Waals surface area contributed by atoms with Gasteiger partial charge in [-0.2, -0.15) is 0 Å². The van der Waals surface area contributed by atoms with Crippen LogP contribution in [-0.2, 0) is 19.3 Å². The lowest BCUT2D eigenvalue weighted by molar-refractivity contribution is 0.109. The molecule has 4 N–H and O–H groups in total. The Bertz CT molecular complexity index is 867. The maximum absolute atomic E-state index is 10.2. The second kappa shape index (κ2) is 14.4. The van der Waals surface area contributed by atoms with E-state index in [1.165, 1.54) is 19.3 Å². The molecule has 33 heavy (non-hydrogen) atoms. The monoisotopic (exact) mass is 500 g/mol. The number of nitrogens with one attached hydrogen (secondary N) is 1. The number of benzene rings is 2. The molecule has 0 spiro atoms. The summed E-state index contributed by atoms with van der Waals surface area (Å²) in [6, 6.07) is 9.37. The highest BCUT2D eigenvalue weighted by atomic mass is 35.5. The van der Waals surface area contributed by atoms with E-state index in [4.69, 9.17) is 4.74 Å². The van der Waals surface area contributed by atoms with Gasteiger partial charge in [0.2, 0.25) is 0 Å². The smallest absolute Gasteiger partial charge is 0.160 e. The van der Waals surface area contributed by atoms with Crippen LogP contribution < -0.4 is 10.2 Å². The Morgan fingerprint density at radius 2 is 1.79 bits per heavy atom. The van der Waals surface area contributed by atoms with Crippen LogP contribution in [0, 0.1) is 0 Å². The van der Waals surface area contributed by atoms with E-state index in [1.54, 1.807) is 19.2 Å². The lowest BCUT2D eigenvalue weighted by Crippen LogP contribution is -2.49. The highest BCUT2D eigenvalue weighted by Crippen LogP contribution is 2.36. The molecule has 0 saturated carbocycles. The van der Waals surface area contributed by atoms with Gasteiger partial charge in [0.1, 0.15) is 0 Å². The van der Waals surface area contributed by atoms with Gasteiger partial charge in [0, 0.05) is 24.7 Å². The van der Waals surface area contributed by atoms with Crippen LogP contribution in [0.1, 0.15) is 55.7 Å². The number of fused-ring (bicyclic) bond motifs is 1. The maximum atomic E-state index is 10.2. The van der Waals surface area contributed by atoms with Crippen molar-refractivity contribution in [1.82, 2.24) is 10.4 Å². The minimum absolute atomic E-state index is 0. The maximum Gasteiger partial charge on any atom is 0.160 e. The minimum Gasteiger partial charge on any atom is -0.504 e. The zero-order valence-electron chi connectivity index (χ0n) is 19.5. The van der Waals surface area contributed by atoms with Crippen molar-refractivity contribution in [1.29, 1.82) is 0 Å². The minimum atomic E-state index is -0.0314. The topological polar surface area (TPSA) is 85.2 Å². The van der Waals surface area contributed by atoms with Crippen LogP contribution in [0.5, 0.6) is 23.0 Å². The third-order valence-corrected chi connectivity index (χ3v) is 6.21. The average Bonchev–Trinajstić information content (AvgIpc) is 2.78. The summed E-state index contributed by atoms with van der Waals surface area (Å²) >= 11 is 0. The molecule has 0 aromatic heterocycles. The van der Waals surface area contributed by atoms with Gasteiger partial charge in [-0.3, -0.25) is 5.43 Å². The van der Waals surface area contributed by atoms with Gasteiger partial charge in [-0.1, -0.05) is 38.3 Å². The van der Waals surface area contributed by atoms with Crippen LogP contribution in [-0.4, -0.2) is 46.6 Å². The number of ether oxygens (including phenoxy) is 1. The Morgan fingerprint density at radius 3 is 2.52 bits per heavy atom. The van der Waals surface area contributed by atoms with Crippen molar-refractivity contribution in [2.24, 2.45) is 0 Å². The zero-order valence-corrected chi connectivity index (χ0v) is 21.2. The number of unbranched alkanes of at least 4 members (excludes halogenated alkanes) is 3. The van der Waals surface area contributed by atoms with E-state index >= 15 is 0 Å². The molecule has 2 aromatic carbocycles. The molecule has 0 amide bonds. The number of phenolic OH excluding ortho intramolecular Hbond substituents is 3. The van der Waals surface area contributed by atoms with E-state index < -0.39 is 0 Å². The molecule has 0 radical (unpaired) electrons. The predicted molar refractivity (Wildman–Crippen MR) is 137 cm³/mol. The predicted octanol–water partition coefficient (Wildman–Crippen LogP) is 5.14. The fourth-order valence-electron chi connectivity index (χ4n) is 4.39. The normalized spacial score (nSPS) is 14.8. The first-order chi connectivity index (χ1) is 15.0. The van der Waals surface area contributed by atoms with E-state index in [9.17, 15) is 15.3 Å². The number of hydrogen-bond donors (Lipinski definition) is 4. The summed E-state index contributed by atoms with van der Waals surface area (Å²) in [5.74, 6) is 0.670. The van der Waals surface area contributed by atoms with E-state index in [1.807, 2.05) is 18.2 Å². The summed E-state index contributed by atoms with van der Waals surface area (Å²) in [5, 5.41) is 32.2. The van der Waals surface area contributed by atoms with E-state index in [2.05, 4.69) is 17.4 Å². The van der Waals surface area contributed by atoms with Gasteiger partial charge in [-0.25, -0.2) is 5.01 Å². The molecule has 186 valence electrons. The summed E-state index contributed by atoms with van der Waals surface area (Å²) in [7, 11) is 1.56. The first kappa shape index (κ1) is 29.2. The molecule has 6 nitrogen and oxygen atoms in total. The number of halogens is 2. The molecule has 0 heterocycles. The molecular weight excluding hydrogens is 463 g/mol. The number of hydrogen-bond acceptors (Lipinski definition) is 6. The number of phenols is 3. The van der Waals surface area contributed by atoms with Gasteiger partial charge in [0.15, 0.2) is 23.0 Å². The van der Waals surface area contributed by atoms with Crippen molar-refractivity contribution in [3.63, 3.8) is 0 Å². The molecule has 3 rings (SSSR count). The van der Waals surface area contributed by atoms with Crippen LogP contribution in [0.4, 0.5) is 0 Å². The quantitative estimate of drug-likeness (QED) is 0.194. The molecule has 1 unspecified atom stereocenters. The largest absolute Gasteiger partial charge is 0.504 e. The van der Waals surface area contributed by atoms with Gasteiger partial charge in [-0.15, -0.1) is 24.8 Å². The molecule has 0 fully saturated rings. The summed E-state index contributed by atoms with van der Waals surface area (Å²) in [4.78, 5) is 0. The highest BCUT2D eigenvalue weighted by Gasteiger charge is 2.26. The zero-order chi connectivity index (χ0) is 22.2. The van der Waals surface area contributed by atoms with E-state index in [0.717, 1.165) is 61.9 Å². The number of hydrazine groups is 1. The Hall–Kier alpha value is -1.86. The third kappa shape index (κ3) is 7.85. The fourth-order valence-corrected chi connectivity index (χ4v) is 4.39. The fraction of sp³-hybridized carbons (Fsp3) is 0.520. The Kier molecular flexibility index (Phi) is 12.7. The first-order valence-electron chi connectivity index (χ1n) is 11.4. The van der Waals surface area contributed by atoms with Gasteiger partial charge in [0.05, 0.1) is 7.11 Å². The second-order valence-corrected chi connectivity index (χ2v) is 8.39. The lowest BCUT2D eigenvalue weighted by Gasteiger charge is -2.36. The van der Waals surface area contributed by atoms with Gasteiger partial charge in [-0.05, 0) is 61.4 Å².